The number of nitrogens with one attached hydrogen (secondary N) is 1. The zero-order chi connectivity index (χ0) is 16.1. The predicted molar refractivity (Wildman–Crippen MR) is 88.4 cm³/mol. The van der Waals surface area contributed by atoms with E-state index >= 15 is 0 Å². The van der Waals surface area contributed by atoms with E-state index in [9.17, 15) is 9.00 Å². The summed E-state index contributed by atoms with van der Waals surface area (Å²) in [4.78, 5) is 11.5. The first-order valence-corrected chi connectivity index (χ1v) is 9.30. The Kier molecular flexibility index (Phi) is 12.9. The summed E-state index contributed by atoms with van der Waals surface area (Å²) in [5, 5.41) is 3.14. The summed E-state index contributed by atoms with van der Waals surface area (Å²) in [5.41, 5.74) is 5.03. The van der Waals surface area contributed by atoms with Gasteiger partial charge in [0.25, 0.3) is 0 Å². The lowest BCUT2D eigenvalue weighted by Crippen LogP contribution is -2.36. The number of hydrogen-bond acceptors (Lipinski definition) is 3. The molecule has 6 heteroatoms. The molecule has 0 aliphatic heterocycles. The summed E-state index contributed by atoms with van der Waals surface area (Å²) in [6.45, 7) is 4.81. The van der Waals surface area contributed by atoms with Crippen LogP contribution in [0.25, 0.3) is 0 Å². The van der Waals surface area contributed by atoms with Crippen molar-refractivity contribution in [2.75, 3.05) is 12.3 Å². The summed E-state index contributed by atoms with van der Waals surface area (Å²) < 4.78 is 17.9. The molecule has 1 aliphatic rings. The van der Waals surface area contributed by atoms with Gasteiger partial charge in [-0.25, -0.2) is 4.21 Å². The monoisotopic (exact) mass is 320 g/mol. The molecule has 1 unspecified atom stereocenters. The molecule has 0 saturated heterocycles. The fourth-order valence-corrected chi connectivity index (χ4v) is 2.59. The zero-order valence-corrected chi connectivity index (χ0v) is 14.3. The van der Waals surface area contributed by atoms with E-state index in [1.54, 1.807) is 0 Å². The van der Waals surface area contributed by atoms with Crippen molar-refractivity contribution in [1.82, 2.24) is 5.32 Å². The summed E-state index contributed by atoms with van der Waals surface area (Å²) in [6, 6.07) is 0.475. The third kappa shape index (κ3) is 14.2. The van der Waals surface area contributed by atoms with E-state index in [1.165, 1.54) is 32.1 Å². The minimum atomic E-state index is -1.65. The highest BCUT2D eigenvalue weighted by molar-refractivity contribution is 7.79. The Balaban J connectivity index is 0.000000486. The van der Waals surface area contributed by atoms with Crippen molar-refractivity contribution in [1.29, 1.82) is 0 Å². The van der Waals surface area contributed by atoms with Gasteiger partial charge in [0.15, 0.2) is 11.1 Å². The van der Waals surface area contributed by atoms with Gasteiger partial charge in [0, 0.05) is 12.5 Å². The van der Waals surface area contributed by atoms with E-state index in [-0.39, 0.29) is 5.91 Å². The van der Waals surface area contributed by atoms with E-state index in [4.69, 9.17) is 10.3 Å². The van der Waals surface area contributed by atoms with E-state index in [0.29, 0.717) is 37.1 Å². The van der Waals surface area contributed by atoms with Crippen molar-refractivity contribution in [3.05, 3.63) is 0 Å². The van der Waals surface area contributed by atoms with Gasteiger partial charge in [-0.3, -0.25) is 4.79 Å². The molecule has 0 aromatic rings. The first-order chi connectivity index (χ1) is 9.95. The molecule has 4 N–H and O–H groups in total. The minimum Gasteiger partial charge on any atom is -0.353 e. The molecule has 0 spiro atoms. The van der Waals surface area contributed by atoms with Crippen LogP contribution >= 0.6 is 0 Å². The van der Waals surface area contributed by atoms with Crippen LogP contribution in [-0.2, 0) is 15.9 Å². The summed E-state index contributed by atoms with van der Waals surface area (Å²) in [6.07, 6.45) is 8.64. The normalized spacial score (nSPS) is 17.0. The van der Waals surface area contributed by atoms with Gasteiger partial charge < -0.3 is 15.6 Å². The van der Waals surface area contributed by atoms with Crippen LogP contribution in [0.3, 0.4) is 0 Å². The molecule has 1 aliphatic carbocycles. The molecule has 0 heterocycles. The van der Waals surface area contributed by atoms with Gasteiger partial charge in [-0.15, -0.1) is 0 Å². The highest BCUT2D eigenvalue weighted by atomic mass is 32.2. The van der Waals surface area contributed by atoms with Crippen LogP contribution in [0, 0.1) is 5.92 Å². The number of hydrogen-bond donors (Lipinski definition) is 3. The molecule has 5 nitrogen and oxygen atoms in total. The van der Waals surface area contributed by atoms with E-state index in [2.05, 4.69) is 19.2 Å². The fourth-order valence-electron chi connectivity index (χ4n) is 2.17. The molecule has 1 fully saturated rings. The number of rotatable bonds is 7. The Morgan fingerprint density at radius 1 is 1.33 bits per heavy atom. The molecular formula is C15H32N2O3S. The van der Waals surface area contributed by atoms with Gasteiger partial charge in [0.2, 0.25) is 5.91 Å². The first kappa shape index (κ1) is 20.5. The van der Waals surface area contributed by atoms with Crippen LogP contribution in [-0.4, -0.2) is 33.0 Å². The second-order valence-electron chi connectivity index (χ2n) is 6.00. The lowest BCUT2D eigenvalue weighted by molar-refractivity contribution is -0.122. The Hall–Kier alpha value is -0.460. The van der Waals surface area contributed by atoms with Crippen molar-refractivity contribution >= 4 is 17.0 Å². The molecular weight excluding hydrogens is 288 g/mol. The number of carbonyl (C=O) groups is 1. The van der Waals surface area contributed by atoms with E-state index in [0.717, 1.165) is 6.42 Å². The van der Waals surface area contributed by atoms with Crippen LogP contribution in [0.2, 0.25) is 0 Å². The highest BCUT2D eigenvalue weighted by Gasteiger charge is 2.15. The van der Waals surface area contributed by atoms with Crippen molar-refractivity contribution in [3.63, 3.8) is 0 Å². The molecule has 126 valence electrons. The lowest BCUT2D eigenvalue weighted by atomic mass is 9.95. The van der Waals surface area contributed by atoms with E-state index in [1.807, 2.05) is 0 Å². The second kappa shape index (κ2) is 13.2. The van der Waals surface area contributed by atoms with Crippen molar-refractivity contribution in [3.8, 4) is 0 Å². The zero-order valence-electron chi connectivity index (χ0n) is 13.5. The predicted octanol–water partition coefficient (Wildman–Crippen LogP) is 2.43. The molecule has 1 rings (SSSR count). The average molecular weight is 320 g/mol. The standard InChI is InChI=1S/C12H23NO.C3H9NO2S/c1-10(2)8-9-12(14)13-11-6-4-3-5-7-11;4-2-1-3-7(5)6/h10-11H,3-9H2,1-2H3,(H,13,14);1-4H2,(H,5,6). The lowest BCUT2D eigenvalue weighted by Gasteiger charge is -2.22. The molecule has 0 aromatic heterocycles. The molecule has 0 aromatic carbocycles. The summed E-state index contributed by atoms with van der Waals surface area (Å²) >= 11 is -1.65. The van der Waals surface area contributed by atoms with Crippen molar-refractivity contribution < 1.29 is 13.6 Å². The maximum atomic E-state index is 11.5. The third-order valence-corrected chi connectivity index (χ3v) is 4.08. The Bertz CT molecular complexity index is 293. The Labute approximate surface area is 131 Å². The van der Waals surface area contributed by atoms with Gasteiger partial charge in [-0.05, 0) is 38.1 Å². The SMILES string of the molecule is CC(C)CCC(=O)NC1CCCCC1.NCCCS(=O)O. The molecule has 0 bridgehead atoms. The molecule has 0 radical (unpaired) electrons. The summed E-state index contributed by atoms with van der Waals surface area (Å²) in [5.74, 6) is 1.19. The molecule has 21 heavy (non-hydrogen) atoms. The van der Waals surface area contributed by atoms with E-state index < -0.39 is 11.1 Å². The van der Waals surface area contributed by atoms with Gasteiger partial charge in [-0.1, -0.05) is 33.1 Å². The second-order valence-corrected chi connectivity index (χ2v) is 7.05. The molecule has 1 saturated carbocycles. The topological polar surface area (TPSA) is 92.4 Å². The third-order valence-electron chi connectivity index (χ3n) is 3.44. The number of nitrogens with two attached hydrogens (primary N) is 1. The van der Waals surface area contributed by atoms with Crippen LogP contribution in [0.15, 0.2) is 0 Å². The van der Waals surface area contributed by atoms with Gasteiger partial charge in [-0.2, -0.15) is 0 Å². The van der Waals surface area contributed by atoms with Crippen LogP contribution in [0.1, 0.15) is 65.2 Å². The van der Waals surface area contributed by atoms with Crippen LogP contribution < -0.4 is 11.1 Å². The minimum absolute atomic E-state index is 0.255. The fraction of sp³-hybridized carbons (Fsp3) is 0.933. The Morgan fingerprint density at radius 2 is 1.95 bits per heavy atom. The maximum absolute atomic E-state index is 11.5. The van der Waals surface area contributed by atoms with Gasteiger partial charge >= 0.3 is 0 Å². The van der Waals surface area contributed by atoms with Gasteiger partial charge in [0.1, 0.15) is 0 Å². The summed E-state index contributed by atoms with van der Waals surface area (Å²) in [7, 11) is 0. The Morgan fingerprint density at radius 3 is 2.38 bits per heavy atom. The number of amides is 1. The smallest absolute Gasteiger partial charge is 0.220 e. The van der Waals surface area contributed by atoms with Gasteiger partial charge in [0.05, 0.1) is 5.75 Å². The quantitative estimate of drug-likeness (QED) is 0.628. The first-order valence-electron chi connectivity index (χ1n) is 8.02. The van der Waals surface area contributed by atoms with Crippen LogP contribution in [0.5, 0.6) is 0 Å². The number of carbonyl (C=O) groups excluding carboxylic acids is 1. The average Bonchev–Trinajstić information content (AvgIpc) is 2.44. The van der Waals surface area contributed by atoms with Crippen LogP contribution in [0.4, 0.5) is 0 Å². The highest BCUT2D eigenvalue weighted by Crippen LogP contribution is 2.17. The van der Waals surface area contributed by atoms with Crippen molar-refractivity contribution in [2.45, 2.75) is 71.3 Å². The largest absolute Gasteiger partial charge is 0.353 e. The molecule has 1 atom stereocenters. The maximum Gasteiger partial charge on any atom is 0.220 e. The molecule has 1 amide bonds. The van der Waals surface area contributed by atoms with Crippen molar-refractivity contribution in [2.24, 2.45) is 11.7 Å².